The van der Waals surface area contributed by atoms with E-state index >= 15 is 0 Å². The lowest BCUT2D eigenvalue weighted by atomic mass is 10.0. The van der Waals surface area contributed by atoms with E-state index in [1.807, 2.05) is 52.9 Å². The molecule has 0 aliphatic rings. The van der Waals surface area contributed by atoms with Crippen molar-refractivity contribution in [3.8, 4) is 0 Å². The lowest BCUT2D eigenvalue weighted by Gasteiger charge is -2.09. The first kappa shape index (κ1) is 15.3. The molecule has 0 bridgehead atoms. The summed E-state index contributed by atoms with van der Waals surface area (Å²) in [5, 5.41) is 11.4. The van der Waals surface area contributed by atoms with Gasteiger partial charge in [-0.25, -0.2) is 4.98 Å². The van der Waals surface area contributed by atoms with Gasteiger partial charge in [0.1, 0.15) is 6.33 Å². The van der Waals surface area contributed by atoms with Crippen LogP contribution in [0.2, 0.25) is 0 Å². The fraction of sp³-hybridized carbons (Fsp3) is 0.158. The lowest BCUT2D eigenvalue weighted by Crippen LogP contribution is -2.06. The van der Waals surface area contributed by atoms with Crippen molar-refractivity contribution >= 4 is 28.3 Å². The third kappa shape index (κ3) is 2.71. The van der Waals surface area contributed by atoms with Gasteiger partial charge in [-0.2, -0.15) is 0 Å². The predicted molar refractivity (Wildman–Crippen MR) is 96.9 cm³/mol. The van der Waals surface area contributed by atoms with Gasteiger partial charge >= 0.3 is 0 Å². The molecule has 0 atom stereocenters. The number of fused-ring (bicyclic) bond motifs is 3. The molecule has 0 saturated heterocycles. The third-order valence-corrected chi connectivity index (χ3v) is 4.07. The Balaban J connectivity index is 1.85. The first-order valence-electron chi connectivity index (χ1n) is 8.25. The standard InChI is InChI=1S/C19H17N5O/c1-2-10-20-18-19-23-21-12-24(19)16-11-14(8-9-15(16)22-18)17(25)13-6-4-3-5-7-13/h3-9,11-12H,2,10H2,1H3,(H,20,22). The molecule has 4 rings (SSSR count). The first-order valence-corrected chi connectivity index (χ1v) is 8.25. The summed E-state index contributed by atoms with van der Waals surface area (Å²) in [6, 6.07) is 14.8. The SMILES string of the molecule is CCCNc1nc2ccc(C(=O)c3ccccc3)cc2n2cnnc12. The first-order chi connectivity index (χ1) is 12.3. The lowest BCUT2D eigenvalue weighted by molar-refractivity contribution is 0.103. The van der Waals surface area contributed by atoms with E-state index in [0.717, 1.165) is 24.0 Å². The van der Waals surface area contributed by atoms with Crippen molar-refractivity contribution in [3.63, 3.8) is 0 Å². The molecule has 0 fully saturated rings. The summed E-state index contributed by atoms with van der Waals surface area (Å²) in [6.07, 6.45) is 2.64. The normalized spacial score (nSPS) is 11.1. The van der Waals surface area contributed by atoms with E-state index in [9.17, 15) is 4.79 Å². The van der Waals surface area contributed by atoms with E-state index in [2.05, 4.69) is 27.4 Å². The molecule has 0 saturated carbocycles. The zero-order valence-corrected chi connectivity index (χ0v) is 13.8. The number of hydrogen-bond donors (Lipinski definition) is 1. The van der Waals surface area contributed by atoms with Crippen LogP contribution < -0.4 is 5.32 Å². The molecule has 0 aliphatic carbocycles. The van der Waals surface area contributed by atoms with Crippen molar-refractivity contribution in [2.24, 2.45) is 0 Å². The molecule has 124 valence electrons. The molecule has 0 amide bonds. The highest BCUT2D eigenvalue weighted by atomic mass is 16.1. The van der Waals surface area contributed by atoms with Gasteiger partial charge in [-0.3, -0.25) is 9.20 Å². The quantitative estimate of drug-likeness (QED) is 0.568. The van der Waals surface area contributed by atoms with Gasteiger partial charge in [-0.15, -0.1) is 10.2 Å². The number of anilines is 1. The molecule has 4 aromatic rings. The average molecular weight is 331 g/mol. The summed E-state index contributed by atoms with van der Waals surface area (Å²) in [7, 11) is 0. The van der Waals surface area contributed by atoms with E-state index in [4.69, 9.17) is 0 Å². The second-order valence-electron chi connectivity index (χ2n) is 5.81. The molecule has 2 heterocycles. The van der Waals surface area contributed by atoms with Gasteiger partial charge in [-0.1, -0.05) is 37.3 Å². The Hall–Kier alpha value is -3.28. The van der Waals surface area contributed by atoms with Crippen LogP contribution in [0.15, 0.2) is 54.9 Å². The van der Waals surface area contributed by atoms with Crippen molar-refractivity contribution in [1.29, 1.82) is 0 Å². The van der Waals surface area contributed by atoms with Gasteiger partial charge in [0.2, 0.25) is 5.65 Å². The van der Waals surface area contributed by atoms with Crippen molar-refractivity contribution in [2.75, 3.05) is 11.9 Å². The average Bonchev–Trinajstić information content (AvgIpc) is 3.16. The van der Waals surface area contributed by atoms with Gasteiger partial charge in [0.25, 0.3) is 0 Å². The maximum Gasteiger partial charge on any atom is 0.203 e. The van der Waals surface area contributed by atoms with Gasteiger partial charge in [-0.05, 0) is 24.6 Å². The number of benzene rings is 2. The Morgan fingerprint density at radius 3 is 2.76 bits per heavy atom. The molecular formula is C19H17N5O. The van der Waals surface area contributed by atoms with Gasteiger partial charge in [0, 0.05) is 17.7 Å². The highest BCUT2D eigenvalue weighted by molar-refractivity contribution is 6.10. The van der Waals surface area contributed by atoms with Crippen molar-refractivity contribution in [1.82, 2.24) is 19.6 Å². The number of nitrogens with zero attached hydrogens (tertiary/aromatic N) is 4. The Morgan fingerprint density at radius 1 is 1.12 bits per heavy atom. The Kier molecular flexibility index (Phi) is 3.85. The summed E-state index contributed by atoms with van der Waals surface area (Å²) in [5.74, 6) is 0.686. The van der Waals surface area contributed by atoms with Crippen LogP contribution in [-0.4, -0.2) is 31.9 Å². The molecule has 0 radical (unpaired) electrons. The molecule has 25 heavy (non-hydrogen) atoms. The van der Waals surface area contributed by atoms with E-state index in [1.54, 1.807) is 6.33 Å². The molecule has 0 spiro atoms. The highest BCUT2D eigenvalue weighted by Gasteiger charge is 2.14. The summed E-state index contributed by atoms with van der Waals surface area (Å²) < 4.78 is 1.86. The zero-order valence-electron chi connectivity index (χ0n) is 13.8. The monoisotopic (exact) mass is 331 g/mol. The largest absolute Gasteiger partial charge is 0.367 e. The zero-order chi connectivity index (χ0) is 17.2. The van der Waals surface area contributed by atoms with Crippen molar-refractivity contribution in [3.05, 3.63) is 66.0 Å². The van der Waals surface area contributed by atoms with Gasteiger partial charge < -0.3 is 5.32 Å². The van der Waals surface area contributed by atoms with Gasteiger partial charge in [0.05, 0.1) is 11.0 Å². The van der Waals surface area contributed by atoms with Crippen LogP contribution >= 0.6 is 0 Å². The maximum atomic E-state index is 12.7. The highest BCUT2D eigenvalue weighted by Crippen LogP contribution is 2.22. The Morgan fingerprint density at radius 2 is 1.96 bits per heavy atom. The van der Waals surface area contributed by atoms with Crippen LogP contribution in [-0.2, 0) is 0 Å². The number of carbonyl (C=O) groups is 1. The molecular weight excluding hydrogens is 314 g/mol. The van der Waals surface area contributed by atoms with Crippen LogP contribution in [0.25, 0.3) is 16.7 Å². The van der Waals surface area contributed by atoms with Crippen LogP contribution in [0.3, 0.4) is 0 Å². The Bertz CT molecular complexity index is 1060. The van der Waals surface area contributed by atoms with Crippen molar-refractivity contribution < 1.29 is 4.79 Å². The van der Waals surface area contributed by atoms with E-state index in [0.29, 0.717) is 22.6 Å². The van der Waals surface area contributed by atoms with Crippen LogP contribution in [0.1, 0.15) is 29.3 Å². The molecule has 2 aromatic carbocycles. The third-order valence-electron chi connectivity index (χ3n) is 4.07. The second-order valence-corrected chi connectivity index (χ2v) is 5.81. The summed E-state index contributed by atoms with van der Waals surface area (Å²) in [6.45, 7) is 2.90. The Labute approximate surface area is 144 Å². The molecule has 6 nitrogen and oxygen atoms in total. The number of nitrogens with one attached hydrogen (secondary N) is 1. The van der Waals surface area contributed by atoms with Crippen LogP contribution in [0.5, 0.6) is 0 Å². The topological polar surface area (TPSA) is 72.2 Å². The second kappa shape index (κ2) is 6.32. The molecule has 0 aliphatic heterocycles. The number of aromatic nitrogens is 4. The minimum atomic E-state index is -0.0168. The minimum absolute atomic E-state index is 0.0168. The van der Waals surface area contributed by atoms with Crippen molar-refractivity contribution in [2.45, 2.75) is 13.3 Å². The van der Waals surface area contributed by atoms with Crippen LogP contribution in [0, 0.1) is 0 Å². The number of ketones is 1. The molecule has 1 N–H and O–H groups in total. The van der Waals surface area contributed by atoms with E-state index in [1.165, 1.54) is 0 Å². The number of hydrogen-bond acceptors (Lipinski definition) is 5. The van der Waals surface area contributed by atoms with E-state index in [-0.39, 0.29) is 5.78 Å². The molecule has 0 unspecified atom stereocenters. The van der Waals surface area contributed by atoms with E-state index < -0.39 is 0 Å². The van der Waals surface area contributed by atoms with Gasteiger partial charge in [0.15, 0.2) is 11.6 Å². The molecule has 6 heteroatoms. The molecule has 2 aromatic heterocycles. The predicted octanol–water partition coefficient (Wildman–Crippen LogP) is 3.33. The fourth-order valence-electron chi connectivity index (χ4n) is 2.81. The minimum Gasteiger partial charge on any atom is -0.367 e. The van der Waals surface area contributed by atoms with Crippen LogP contribution in [0.4, 0.5) is 5.82 Å². The summed E-state index contributed by atoms with van der Waals surface area (Å²) >= 11 is 0. The maximum absolute atomic E-state index is 12.7. The smallest absolute Gasteiger partial charge is 0.203 e. The number of rotatable bonds is 5. The summed E-state index contributed by atoms with van der Waals surface area (Å²) in [5.41, 5.74) is 3.53. The fourth-order valence-corrected chi connectivity index (χ4v) is 2.81. The summed E-state index contributed by atoms with van der Waals surface area (Å²) in [4.78, 5) is 17.3. The number of carbonyl (C=O) groups excluding carboxylic acids is 1.